The molecule has 378 valence electrons. The van der Waals surface area contributed by atoms with Crippen LogP contribution in [0.3, 0.4) is 0 Å². The Bertz CT molecular complexity index is 1720. The first-order chi connectivity index (χ1) is 31.3. The minimum atomic E-state index is -1.77. The van der Waals surface area contributed by atoms with Crippen molar-refractivity contribution in [1.82, 2.24) is 0 Å². The summed E-state index contributed by atoms with van der Waals surface area (Å²) in [5.74, 6) is -0.597. The fourth-order valence-corrected chi connectivity index (χ4v) is 13.8. The molecule has 0 spiro atoms. The molecule has 66 heavy (non-hydrogen) atoms. The fourth-order valence-electron chi connectivity index (χ4n) is 13.8. The summed E-state index contributed by atoms with van der Waals surface area (Å²) in [6, 6.07) is 0. The van der Waals surface area contributed by atoms with E-state index < -0.39 is 130 Å². The summed E-state index contributed by atoms with van der Waals surface area (Å²) in [6.45, 7) is 8.96. The molecule has 20 nitrogen and oxygen atoms in total. The van der Waals surface area contributed by atoms with Crippen molar-refractivity contribution >= 4 is 0 Å². The molecule has 0 aromatic heterocycles. The van der Waals surface area contributed by atoms with Crippen molar-refractivity contribution in [3.05, 3.63) is 23.8 Å². The van der Waals surface area contributed by atoms with E-state index in [1.807, 2.05) is 0 Å². The van der Waals surface area contributed by atoms with Crippen LogP contribution in [0.5, 0.6) is 0 Å². The van der Waals surface area contributed by atoms with E-state index in [2.05, 4.69) is 33.4 Å². The Hall–Kier alpha value is -1.32. The number of methoxy groups -OCH3 is 1. The molecule has 8 rings (SSSR count). The number of allylic oxidation sites excluding steroid dienone is 1. The van der Waals surface area contributed by atoms with Gasteiger partial charge in [-0.05, 0) is 73.5 Å². The fraction of sp³-hybridized carbons (Fsp3) is 0.913. The highest BCUT2D eigenvalue weighted by atomic mass is 16.7. The van der Waals surface area contributed by atoms with Gasteiger partial charge in [0.25, 0.3) is 0 Å². The molecule has 0 radical (unpaired) electrons. The molecule has 4 heterocycles. The molecule has 3 saturated carbocycles. The van der Waals surface area contributed by atoms with Crippen molar-refractivity contribution < 1.29 is 99.2 Å². The van der Waals surface area contributed by atoms with E-state index >= 15 is 0 Å². The van der Waals surface area contributed by atoms with Crippen molar-refractivity contribution in [3.8, 4) is 0 Å². The Morgan fingerprint density at radius 2 is 1.30 bits per heavy atom. The molecular formula is C46H74O20. The summed E-state index contributed by atoms with van der Waals surface area (Å²) < 4.78 is 47.7. The summed E-state index contributed by atoms with van der Waals surface area (Å²) in [6.07, 6.45) is -16.1. The second kappa shape index (κ2) is 19.7. The zero-order valence-electron chi connectivity index (χ0n) is 38.2. The summed E-state index contributed by atoms with van der Waals surface area (Å²) in [4.78, 5) is 0. The van der Waals surface area contributed by atoms with E-state index in [0.717, 1.165) is 25.7 Å². The van der Waals surface area contributed by atoms with Gasteiger partial charge < -0.3 is 99.2 Å². The SMILES string of the molecule is C=C(CC[C@@]1(OC)O[C@H]2[C@@H](O)[C@H]3[C@@H]4CC=C5C[C@@H](O[C@@H]6O[C@H](CO)[C@H](O[C@@H]7O[C@H](CO)[C@@H](O)[C@H](O)[C@H]7O)[C@H](O)[C@H]6O)CC[C@]5(C)[C@H]4CC[C@]3(C)[C@H]2[C@@H]1C)CO[C@@H]1O[C@H](CO)[C@@H](O)[C@H](O)[C@H]1O. The first-order valence-electron chi connectivity index (χ1n) is 23.7. The average Bonchev–Trinajstić information content (AvgIpc) is 3.73. The van der Waals surface area contributed by atoms with Crippen molar-refractivity contribution in [1.29, 1.82) is 0 Å². The van der Waals surface area contributed by atoms with Crippen LogP contribution in [0.1, 0.15) is 72.1 Å². The summed E-state index contributed by atoms with van der Waals surface area (Å²) in [7, 11) is 1.62. The molecule has 8 aliphatic rings. The van der Waals surface area contributed by atoms with E-state index in [9.17, 15) is 61.3 Å². The van der Waals surface area contributed by atoms with Gasteiger partial charge in [-0.2, -0.15) is 0 Å². The minimum Gasteiger partial charge on any atom is -0.394 e. The van der Waals surface area contributed by atoms with Gasteiger partial charge in [-0.15, -0.1) is 0 Å². The molecule has 4 aliphatic carbocycles. The topological polar surface area (TPSA) is 317 Å². The molecule has 12 N–H and O–H groups in total. The third-order valence-electron chi connectivity index (χ3n) is 17.5. The van der Waals surface area contributed by atoms with Gasteiger partial charge in [-0.1, -0.05) is 44.6 Å². The quantitative estimate of drug-likeness (QED) is 0.0814. The van der Waals surface area contributed by atoms with Crippen molar-refractivity contribution in [2.24, 2.45) is 40.4 Å². The lowest BCUT2D eigenvalue weighted by atomic mass is 9.46. The van der Waals surface area contributed by atoms with Gasteiger partial charge in [0.1, 0.15) is 73.2 Å². The lowest BCUT2D eigenvalue weighted by Crippen LogP contribution is -2.65. The molecule has 20 heteroatoms. The maximum Gasteiger partial charge on any atom is 0.187 e. The standard InChI is InChI=1S/C46H74O20/c1-19(18-60-41-36(56)33(53)30(50)25(15-47)62-41)8-13-46(59-5)20(2)28-40(66-46)32(52)29-23-7-6-21-14-22(9-11-44(21,3)24(23)10-12-45(28,29)4)61-42-38(58)35(55)39(27(17-49)64-42)65-43-37(57)34(54)31(51)26(16-48)63-43/h6,20,22-43,47-58H,1,7-18H2,2-5H3/t20-,22-,23+,24-,25+,26+,27+,28-,29+,30+,31+,32-,33-,34-,35+,36+,37+,38+,39-,40+,41+,42+,43-,44-,45+,46+/m0/s1. The summed E-state index contributed by atoms with van der Waals surface area (Å²) in [5.41, 5.74) is 1.48. The van der Waals surface area contributed by atoms with Gasteiger partial charge >= 0.3 is 0 Å². The first-order valence-corrected chi connectivity index (χ1v) is 23.7. The Morgan fingerprint density at radius 3 is 1.94 bits per heavy atom. The average molecular weight is 947 g/mol. The van der Waals surface area contributed by atoms with Crippen molar-refractivity contribution in [2.45, 2.75) is 188 Å². The number of hydrogen-bond donors (Lipinski definition) is 12. The lowest BCUT2D eigenvalue weighted by Gasteiger charge is -2.59. The highest BCUT2D eigenvalue weighted by Gasteiger charge is 2.71. The van der Waals surface area contributed by atoms with Crippen LogP contribution < -0.4 is 0 Å². The van der Waals surface area contributed by atoms with Gasteiger partial charge in [0.05, 0.1) is 44.7 Å². The normalized spacial score (nSPS) is 53.6. The van der Waals surface area contributed by atoms with E-state index in [1.165, 1.54) is 5.57 Å². The third-order valence-corrected chi connectivity index (χ3v) is 17.5. The highest BCUT2D eigenvalue weighted by Crippen LogP contribution is 2.70. The van der Waals surface area contributed by atoms with Crippen LogP contribution in [0.4, 0.5) is 0 Å². The Morgan fingerprint density at radius 1 is 0.712 bits per heavy atom. The van der Waals surface area contributed by atoms with Gasteiger partial charge in [-0.25, -0.2) is 0 Å². The van der Waals surface area contributed by atoms with Crippen LogP contribution in [0.2, 0.25) is 0 Å². The molecule has 0 aromatic carbocycles. The van der Waals surface area contributed by atoms with Crippen LogP contribution in [0.25, 0.3) is 0 Å². The van der Waals surface area contributed by atoms with Crippen LogP contribution in [0, 0.1) is 40.4 Å². The highest BCUT2D eigenvalue weighted by molar-refractivity contribution is 5.27. The minimum absolute atomic E-state index is 0.0153. The van der Waals surface area contributed by atoms with Crippen LogP contribution in [0.15, 0.2) is 23.8 Å². The van der Waals surface area contributed by atoms with Gasteiger partial charge in [0, 0.05) is 25.4 Å². The predicted molar refractivity (Wildman–Crippen MR) is 225 cm³/mol. The van der Waals surface area contributed by atoms with E-state index in [0.29, 0.717) is 31.3 Å². The number of hydrogen-bond acceptors (Lipinski definition) is 20. The number of fused-ring (bicyclic) bond motifs is 7. The molecule has 0 bridgehead atoms. The van der Waals surface area contributed by atoms with Gasteiger partial charge in [0.15, 0.2) is 24.7 Å². The van der Waals surface area contributed by atoms with Crippen molar-refractivity contribution in [3.63, 3.8) is 0 Å². The number of aliphatic hydroxyl groups is 12. The van der Waals surface area contributed by atoms with E-state index in [1.54, 1.807) is 7.11 Å². The zero-order valence-corrected chi connectivity index (χ0v) is 38.2. The molecule has 26 atom stereocenters. The first kappa shape index (κ1) is 51.0. The van der Waals surface area contributed by atoms with Crippen LogP contribution >= 0.6 is 0 Å². The molecule has 0 unspecified atom stereocenters. The number of rotatable bonds is 14. The van der Waals surface area contributed by atoms with E-state index in [4.69, 9.17) is 37.9 Å². The molecule has 0 aromatic rings. The Kier molecular flexibility index (Phi) is 15.2. The number of aliphatic hydroxyl groups excluding tert-OH is 12. The monoisotopic (exact) mass is 946 g/mol. The summed E-state index contributed by atoms with van der Waals surface area (Å²) >= 11 is 0. The molecule has 4 aliphatic heterocycles. The van der Waals surface area contributed by atoms with Crippen LogP contribution in [-0.4, -0.2) is 211 Å². The molecule has 4 saturated heterocycles. The lowest BCUT2D eigenvalue weighted by molar-refractivity contribution is -0.363. The van der Waals surface area contributed by atoms with Gasteiger partial charge in [-0.3, -0.25) is 0 Å². The molecule has 7 fully saturated rings. The predicted octanol–water partition coefficient (Wildman–Crippen LogP) is -2.31. The molecular weight excluding hydrogens is 872 g/mol. The maximum atomic E-state index is 12.3. The Labute approximate surface area is 384 Å². The molecule has 0 amide bonds. The van der Waals surface area contributed by atoms with Crippen LogP contribution in [-0.2, 0) is 37.9 Å². The second-order valence-corrected chi connectivity index (χ2v) is 20.9. The van der Waals surface area contributed by atoms with E-state index in [-0.39, 0.29) is 53.1 Å². The zero-order chi connectivity index (χ0) is 47.8. The maximum absolute atomic E-state index is 12.3. The smallest absolute Gasteiger partial charge is 0.187 e. The third kappa shape index (κ3) is 8.58. The summed E-state index contributed by atoms with van der Waals surface area (Å²) in [5, 5.41) is 126. The van der Waals surface area contributed by atoms with Crippen molar-refractivity contribution in [2.75, 3.05) is 33.5 Å². The number of ether oxygens (including phenoxy) is 8. The largest absolute Gasteiger partial charge is 0.394 e. The Balaban J connectivity index is 0.880. The second-order valence-electron chi connectivity index (χ2n) is 20.9. The van der Waals surface area contributed by atoms with Gasteiger partial charge in [0.2, 0.25) is 0 Å².